The molecule has 2 fully saturated rings. The van der Waals surface area contributed by atoms with Gasteiger partial charge in [-0.05, 0) is 91.2 Å². The van der Waals surface area contributed by atoms with Crippen LogP contribution in [-0.2, 0) is 14.3 Å². The fraction of sp³-hybridized carbons (Fsp3) is 0.677. The van der Waals surface area contributed by atoms with E-state index in [0.717, 1.165) is 43.4 Å². The summed E-state index contributed by atoms with van der Waals surface area (Å²) in [6.45, 7) is 14.1. The number of fused-ring (bicyclic) bond motifs is 3. The second-order valence-corrected chi connectivity index (χ2v) is 12.9. The van der Waals surface area contributed by atoms with Gasteiger partial charge in [-0.3, -0.25) is 4.79 Å². The van der Waals surface area contributed by atoms with Gasteiger partial charge >= 0.3 is 6.09 Å². The Bertz CT molecular complexity index is 1080. The van der Waals surface area contributed by atoms with Crippen LogP contribution in [0.5, 0.6) is 11.5 Å². The van der Waals surface area contributed by atoms with Crippen molar-refractivity contribution in [2.75, 3.05) is 33.4 Å². The molecule has 1 spiro atoms. The zero-order chi connectivity index (χ0) is 28.4. The summed E-state index contributed by atoms with van der Waals surface area (Å²) in [5.41, 5.74) is 1.41. The monoisotopic (exact) mass is 542 g/mol. The van der Waals surface area contributed by atoms with Crippen LogP contribution in [0.1, 0.15) is 85.3 Å². The number of nitrogens with zero attached hydrogens (tertiary/aromatic N) is 1. The highest BCUT2D eigenvalue weighted by atomic mass is 16.6. The number of hydrogen-bond donors (Lipinski definition) is 1. The lowest BCUT2D eigenvalue weighted by Gasteiger charge is -2.55. The van der Waals surface area contributed by atoms with Gasteiger partial charge in [0.2, 0.25) is 0 Å². The molecular weight excluding hydrogens is 496 g/mol. The van der Waals surface area contributed by atoms with Gasteiger partial charge in [0.05, 0.1) is 12.7 Å². The maximum atomic E-state index is 12.7. The molecule has 0 aliphatic carbocycles. The van der Waals surface area contributed by atoms with E-state index in [4.69, 9.17) is 18.9 Å². The van der Waals surface area contributed by atoms with E-state index in [1.54, 1.807) is 7.05 Å². The molecule has 0 radical (unpaired) electrons. The Morgan fingerprint density at radius 3 is 2.56 bits per heavy atom. The number of amides is 2. The minimum Gasteiger partial charge on any atom is -0.487 e. The summed E-state index contributed by atoms with van der Waals surface area (Å²) >= 11 is 0. The smallest absolute Gasteiger partial charge is 0.410 e. The molecule has 1 aromatic rings. The lowest BCUT2D eigenvalue weighted by atomic mass is 9.63. The molecule has 1 N–H and O–H groups in total. The summed E-state index contributed by atoms with van der Waals surface area (Å²) in [5, 5.41) is 2.58. The molecule has 39 heavy (non-hydrogen) atoms. The van der Waals surface area contributed by atoms with Crippen molar-refractivity contribution < 1.29 is 28.5 Å². The number of benzene rings is 1. The first-order chi connectivity index (χ1) is 18.3. The standard InChI is InChI=1S/C31H46N2O6/c1-21(2)9-8-12-30(6)24-18-31(13-15-33(16-14-31)28(35)39-29(3,4)5)20-37-27(24)23-11-10-22(17-25(23)38-30)36-19-26(34)32-7/h9-11,17,24,27H,8,12-16,18-20H2,1-7H3,(H,32,34)/t24-,27+,30-/m0/s1. The molecule has 8 nitrogen and oxygen atoms in total. The van der Waals surface area contributed by atoms with Gasteiger partial charge in [0.15, 0.2) is 6.61 Å². The van der Waals surface area contributed by atoms with E-state index >= 15 is 0 Å². The average molecular weight is 543 g/mol. The van der Waals surface area contributed by atoms with Crippen molar-refractivity contribution in [2.24, 2.45) is 11.3 Å². The lowest BCUT2D eigenvalue weighted by Crippen LogP contribution is -2.56. The molecule has 0 bridgehead atoms. The molecule has 2 amide bonds. The van der Waals surface area contributed by atoms with Crippen molar-refractivity contribution in [3.05, 3.63) is 35.4 Å². The van der Waals surface area contributed by atoms with E-state index in [1.807, 2.05) is 43.9 Å². The minimum absolute atomic E-state index is 0.00881. The first-order valence-electron chi connectivity index (χ1n) is 14.2. The van der Waals surface area contributed by atoms with Crippen LogP contribution in [0.3, 0.4) is 0 Å². The summed E-state index contributed by atoms with van der Waals surface area (Å²) in [6.07, 6.45) is 6.50. The quantitative estimate of drug-likeness (QED) is 0.457. The number of likely N-dealkylation sites (tertiary alicyclic amines) is 1. The number of carbonyl (C=O) groups excluding carboxylic acids is 2. The predicted molar refractivity (Wildman–Crippen MR) is 150 cm³/mol. The van der Waals surface area contributed by atoms with Gasteiger partial charge in [-0.2, -0.15) is 0 Å². The summed E-state index contributed by atoms with van der Waals surface area (Å²) in [5.74, 6) is 1.36. The Hall–Kier alpha value is -2.74. The largest absolute Gasteiger partial charge is 0.487 e. The van der Waals surface area contributed by atoms with Gasteiger partial charge in [0.1, 0.15) is 22.7 Å². The number of likely N-dealkylation sites (N-methyl/N-ethyl adjacent to an activating group) is 1. The van der Waals surface area contributed by atoms with Gasteiger partial charge in [-0.15, -0.1) is 0 Å². The number of nitrogens with one attached hydrogen (secondary N) is 1. The van der Waals surface area contributed by atoms with Crippen LogP contribution >= 0.6 is 0 Å². The van der Waals surface area contributed by atoms with Crippen molar-refractivity contribution in [1.82, 2.24) is 10.2 Å². The van der Waals surface area contributed by atoms with Gasteiger partial charge in [-0.25, -0.2) is 4.79 Å². The Morgan fingerprint density at radius 1 is 1.21 bits per heavy atom. The van der Waals surface area contributed by atoms with Crippen molar-refractivity contribution in [3.63, 3.8) is 0 Å². The van der Waals surface area contributed by atoms with E-state index in [1.165, 1.54) is 5.57 Å². The van der Waals surface area contributed by atoms with E-state index in [-0.39, 0.29) is 36.0 Å². The molecule has 3 aliphatic rings. The topological polar surface area (TPSA) is 86.3 Å². The summed E-state index contributed by atoms with van der Waals surface area (Å²) < 4.78 is 24.9. The molecule has 8 heteroatoms. The Morgan fingerprint density at radius 2 is 1.92 bits per heavy atom. The van der Waals surface area contributed by atoms with Crippen molar-refractivity contribution in [1.29, 1.82) is 0 Å². The van der Waals surface area contributed by atoms with Crippen LogP contribution in [0.25, 0.3) is 0 Å². The van der Waals surface area contributed by atoms with Crippen LogP contribution in [0.15, 0.2) is 29.8 Å². The van der Waals surface area contributed by atoms with Crippen molar-refractivity contribution in [3.8, 4) is 11.5 Å². The Balaban J connectivity index is 1.54. The minimum atomic E-state index is -0.499. The number of rotatable bonds is 6. The normalized spacial score (nSPS) is 25.6. The molecule has 1 aromatic carbocycles. The number of carbonyl (C=O) groups is 2. The first-order valence-corrected chi connectivity index (χ1v) is 14.2. The summed E-state index contributed by atoms with van der Waals surface area (Å²) in [7, 11) is 1.59. The number of piperidine rings is 1. The second-order valence-electron chi connectivity index (χ2n) is 12.9. The molecule has 0 saturated carbocycles. The van der Waals surface area contributed by atoms with Crippen LogP contribution in [-0.4, -0.2) is 61.5 Å². The molecule has 4 rings (SSSR count). The van der Waals surface area contributed by atoms with E-state index in [9.17, 15) is 9.59 Å². The highest BCUT2D eigenvalue weighted by Crippen LogP contribution is 2.57. The highest BCUT2D eigenvalue weighted by molar-refractivity contribution is 5.77. The molecule has 216 valence electrons. The fourth-order valence-corrected chi connectivity index (χ4v) is 6.06. The van der Waals surface area contributed by atoms with Crippen LogP contribution in [0, 0.1) is 11.3 Å². The number of hydrogen-bond acceptors (Lipinski definition) is 6. The molecule has 2 saturated heterocycles. The van der Waals surface area contributed by atoms with Gasteiger partial charge in [0.25, 0.3) is 5.91 Å². The highest BCUT2D eigenvalue weighted by Gasteiger charge is 2.54. The lowest BCUT2D eigenvalue weighted by molar-refractivity contribution is -0.179. The molecule has 3 aliphatic heterocycles. The zero-order valence-corrected chi connectivity index (χ0v) is 24.7. The van der Waals surface area contributed by atoms with Crippen LogP contribution in [0.4, 0.5) is 4.79 Å². The predicted octanol–water partition coefficient (Wildman–Crippen LogP) is 5.80. The Kier molecular flexibility index (Phi) is 8.55. The first kappa shape index (κ1) is 29.2. The van der Waals surface area contributed by atoms with Crippen LogP contribution in [0.2, 0.25) is 0 Å². The number of ether oxygens (including phenoxy) is 4. The van der Waals surface area contributed by atoms with E-state index < -0.39 is 11.2 Å². The summed E-state index contributed by atoms with van der Waals surface area (Å²) in [6, 6.07) is 5.80. The van der Waals surface area contributed by atoms with Crippen molar-refractivity contribution >= 4 is 12.0 Å². The SMILES string of the molecule is CNC(=O)COc1ccc2c(c1)O[C@@](C)(CCC=C(C)C)[C@H]1CC3(CCN(C(=O)OC(C)(C)C)CC3)CO[C@H]21. The van der Waals surface area contributed by atoms with Gasteiger partial charge in [0, 0.05) is 37.7 Å². The van der Waals surface area contributed by atoms with Gasteiger partial charge in [-0.1, -0.05) is 11.6 Å². The molecule has 0 unspecified atom stereocenters. The summed E-state index contributed by atoms with van der Waals surface area (Å²) in [4.78, 5) is 26.2. The van der Waals surface area contributed by atoms with Crippen LogP contribution < -0.4 is 14.8 Å². The maximum Gasteiger partial charge on any atom is 0.410 e. The molecule has 0 aromatic heterocycles. The maximum absolute atomic E-state index is 12.7. The van der Waals surface area contributed by atoms with Gasteiger partial charge < -0.3 is 29.2 Å². The third-order valence-electron chi connectivity index (χ3n) is 8.32. The van der Waals surface area contributed by atoms with E-state index in [0.29, 0.717) is 25.4 Å². The number of allylic oxidation sites excluding steroid dienone is 2. The third-order valence-corrected chi connectivity index (χ3v) is 8.32. The fourth-order valence-electron chi connectivity index (χ4n) is 6.06. The van der Waals surface area contributed by atoms with Crippen molar-refractivity contribution in [2.45, 2.75) is 91.0 Å². The average Bonchev–Trinajstić information content (AvgIpc) is 2.86. The zero-order valence-electron chi connectivity index (χ0n) is 24.7. The van der Waals surface area contributed by atoms with E-state index in [2.05, 4.69) is 32.2 Å². The molecular formula is C31H46N2O6. The molecule has 3 atom stereocenters. The Labute approximate surface area is 233 Å². The molecule has 3 heterocycles. The third kappa shape index (κ3) is 6.89. The second kappa shape index (κ2) is 11.4.